The lowest BCUT2D eigenvalue weighted by atomic mass is 10.1. The Balaban J connectivity index is 2.92. The smallest absolute Gasteiger partial charge is 0.326 e. The first-order valence-corrected chi connectivity index (χ1v) is 6.59. The third kappa shape index (κ3) is 4.09. The van der Waals surface area contributed by atoms with Crippen LogP contribution in [0.1, 0.15) is 39.2 Å². The van der Waals surface area contributed by atoms with Gasteiger partial charge in [0.2, 0.25) is 5.91 Å². The lowest BCUT2D eigenvalue weighted by molar-refractivity contribution is -0.139. The summed E-state index contributed by atoms with van der Waals surface area (Å²) in [6, 6.07) is 6.67. The van der Waals surface area contributed by atoms with E-state index >= 15 is 0 Å². The maximum absolute atomic E-state index is 11.6. The van der Waals surface area contributed by atoms with Crippen molar-refractivity contribution in [1.82, 2.24) is 0 Å². The summed E-state index contributed by atoms with van der Waals surface area (Å²) in [6.07, 6.45) is 3.27. The number of unbranched alkanes of at least 4 members (excludes halogenated alkanes) is 1. The highest BCUT2D eigenvalue weighted by atomic mass is 16.4. The van der Waals surface area contributed by atoms with Crippen LogP contribution in [0.15, 0.2) is 24.3 Å². The van der Waals surface area contributed by atoms with E-state index in [9.17, 15) is 9.59 Å². The zero-order valence-electron chi connectivity index (χ0n) is 11.7. The van der Waals surface area contributed by atoms with E-state index in [1.807, 2.05) is 24.3 Å². The standard InChI is InChI=1S/C15H21NO3/c1-4-5-6-13-7-9-14(10-8-13)16(12(3)17)11(2)15(18)19/h7-11H,4-6H2,1-3H3,(H,18,19)/t11-/m0/s1. The zero-order valence-corrected chi connectivity index (χ0v) is 11.7. The molecule has 0 aliphatic carbocycles. The summed E-state index contributed by atoms with van der Waals surface area (Å²) in [6.45, 7) is 5.03. The second-order valence-corrected chi connectivity index (χ2v) is 4.67. The Hall–Kier alpha value is -1.84. The van der Waals surface area contributed by atoms with Gasteiger partial charge in [0.15, 0.2) is 0 Å². The summed E-state index contributed by atoms with van der Waals surface area (Å²) in [5, 5.41) is 9.04. The number of anilines is 1. The molecule has 0 aromatic heterocycles. The maximum Gasteiger partial charge on any atom is 0.326 e. The van der Waals surface area contributed by atoms with Crippen molar-refractivity contribution in [3.05, 3.63) is 29.8 Å². The van der Waals surface area contributed by atoms with Gasteiger partial charge in [0.25, 0.3) is 0 Å². The molecule has 1 atom stereocenters. The van der Waals surface area contributed by atoms with Crippen molar-refractivity contribution < 1.29 is 14.7 Å². The first-order valence-electron chi connectivity index (χ1n) is 6.59. The van der Waals surface area contributed by atoms with E-state index in [-0.39, 0.29) is 5.91 Å². The fourth-order valence-electron chi connectivity index (χ4n) is 1.99. The lowest BCUT2D eigenvalue weighted by Gasteiger charge is -2.25. The Morgan fingerprint density at radius 3 is 2.26 bits per heavy atom. The largest absolute Gasteiger partial charge is 0.480 e. The van der Waals surface area contributed by atoms with Crippen molar-refractivity contribution in [2.45, 2.75) is 46.1 Å². The van der Waals surface area contributed by atoms with Crippen LogP contribution in [0, 0.1) is 0 Å². The Morgan fingerprint density at radius 1 is 1.26 bits per heavy atom. The van der Waals surface area contributed by atoms with Crippen molar-refractivity contribution in [1.29, 1.82) is 0 Å². The summed E-state index contributed by atoms with van der Waals surface area (Å²) in [5.74, 6) is -1.28. The van der Waals surface area contributed by atoms with Gasteiger partial charge in [-0.25, -0.2) is 4.79 Å². The van der Waals surface area contributed by atoms with Crippen LogP contribution in [0.3, 0.4) is 0 Å². The first-order chi connectivity index (χ1) is 8.97. The predicted molar refractivity (Wildman–Crippen MR) is 75.3 cm³/mol. The van der Waals surface area contributed by atoms with Crippen molar-refractivity contribution in [3.8, 4) is 0 Å². The molecular weight excluding hydrogens is 242 g/mol. The average Bonchev–Trinajstić information content (AvgIpc) is 2.37. The summed E-state index contributed by atoms with van der Waals surface area (Å²) >= 11 is 0. The molecule has 0 unspecified atom stereocenters. The molecule has 0 fully saturated rings. The van der Waals surface area contributed by atoms with Crippen LogP contribution in [0.4, 0.5) is 5.69 Å². The van der Waals surface area contributed by atoms with Crippen molar-refractivity contribution in [2.75, 3.05) is 4.90 Å². The van der Waals surface area contributed by atoms with Gasteiger partial charge in [-0.1, -0.05) is 25.5 Å². The number of carbonyl (C=O) groups is 2. The van der Waals surface area contributed by atoms with Gasteiger partial charge >= 0.3 is 5.97 Å². The molecule has 0 saturated heterocycles. The minimum Gasteiger partial charge on any atom is -0.480 e. The summed E-state index contributed by atoms with van der Waals surface area (Å²) in [4.78, 5) is 23.9. The molecule has 0 spiro atoms. The molecular formula is C15H21NO3. The van der Waals surface area contributed by atoms with Crippen molar-refractivity contribution in [2.24, 2.45) is 0 Å². The molecule has 1 amide bonds. The van der Waals surface area contributed by atoms with Gasteiger partial charge < -0.3 is 5.11 Å². The van der Waals surface area contributed by atoms with Crippen LogP contribution in [-0.2, 0) is 16.0 Å². The number of amides is 1. The average molecular weight is 263 g/mol. The SMILES string of the molecule is CCCCc1ccc(N(C(C)=O)[C@@H](C)C(=O)O)cc1. The Kier molecular flexibility index (Phi) is 5.55. The van der Waals surface area contributed by atoms with Crippen LogP contribution in [0.25, 0.3) is 0 Å². The number of aliphatic carboxylic acids is 1. The topological polar surface area (TPSA) is 57.6 Å². The number of carboxylic acid groups (broad SMARTS) is 1. The van der Waals surface area contributed by atoms with E-state index in [1.165, 1.54) is 24.3 Å². The highest BCUT2D eigenvalue weighted by Crippen LogP contribution is 2.19. The molecule has 104 valence electrons. The molecule has 1 aromatic carbocycles. The van der Waals surface area contributed by atoms with E-state index < -0.39 is 12.0 Å². The third-order valence-electron chi connectivity index (χ3n) is 3.12. The number of aryl methyl sites for hydroxylation is 1. The molecule has 0 aliphatic heterocycles. The normalized spacial score (nSPS) is 11.9. The van der Waals surface area contributed by atoms with Crippen molar-refractivity contribution in [3.63, 3.8) is 0 Å². The van der Waals surface area contributed by atoms with Crippen LogP contribution >= 0.6 is 0 Å². The minimum absolute atomic E-state index is 0.267. The van der Waals surface area contributed by atoms with Crippen LogP contribution in [-0.4, -0.2) is 23.0 Å². The van der Waals surface area contributed by atoms with Gasteiger partial charge in [-0.15, -0.1) is 0 Å². The molecule has 0 heterocycles. The van der Waals surface area contributed by atoms with E-state index in [4.69, 9.17) is 5.11 Å². The molecule has 1 rings (SSSR count). The molecule has 0 saturated carbocycles. The van der Waals surface area contributed by atoms with Gasteiger partial charge in [0.1, 0.15) is 6.04 Å². The maximum atomic E-state index is 11.6. The van der Waals surface area contributed by atoms with Crippen molar-refractivity contribution >= 4 is 17.6 Å². The number of hydrogen-bond donors (Lipinski definition) is 1. The van der Waals surface area contributed by atoms with Gasteiger partial charge in [-0.2, -0.15) is 0 Å². The fourth-order valence-corrected chi connectivity index (χ4v) is 1.99. The molecule has 0 radical (unpaired) electrons. The Morgan fingerprint density at radius 2 is 1.84 bits per heavy atom. The van der Waals surface area contributed by atoms with Gasteiger partial charge in [0, 0.05) is 12.6 Å². The Bertz CT molecular complexity index is 439. The molecule has 4 heteroatoms. The fraction of sp³-hybridized carbons (Fsp3) is 0.467. The second kappa shape index (κ2) is 6.92. The molecule has 4 nitrogen and oxygen atoms in total. The monoisotopic (exact) mass is 263 g/mol. The number of benzene rings is 1. The predicted octanol–water partition coefficient (Wildman–Crippen LogP) is 2.86. The third-order valence-corrected chi connectivity index (χ3v) is 3.12. The number of hydrogen-bond acceptors (Lipinski definition) is 2. The summed E-state index contributed by atoms with van der Waals surface area (Å²) in [7, 11) is 0. The second-order valence-electron chi connectivity index (χ2n) is 4.67. The zero-order chi connectivity index (χ0) is 14.4. The molecule has 19 heavy (non-hydrogen) atoms. The van der Waals surface area contributed by atoms with E-state index in [0.717, 1.165) is 19.3 Å². The van der Waals surface area contributed by atoms with Crippen LogP contribution < -0.4 is 4.90 Å². The highest BCUT2D eigenvalue weighted by Gasteiger charge is 2.24. The molecule has 0 aliphatic rings. The Labute approximate surface area is 114 Å². The molecule has 1 aromatic rings. The van der Waals surface area contributed by atoms with Crippen LogP contribution in [0.2, 0.25) is 0 Å². The lowest BCUT2D eigenvalue weighted by Crippen LogP contribution is -2.42. The van der Waals surface area contributed by atoms with E-state index in [0.29, 0.717) is 5.69 Å². The number of nitrogens with zero attached hydrogens (tertiary/aromatic N) is 1. The van der Waals surface area contributed by atoms with Gasteiger partial charge in [-0.05, 0) is 37.5 Å². The summed E-state index contributed by atoms with van der Waals surface area (Å²) < 4.78 is 0. The number of rotatable bonds is 6. The molecule has 0 bridgehead atoms. The quantitative estimate of drug-likeness (QED) is 0.858. The molecule has 1 N–H and O–H groups in total. The summed E-state index contributed by atoms with van der Waals surface area (Å²) in [5.41, 5.74) is 1.83. The van der Waals surface area contributed by atoms with E-state index in [2.05, 4.69) is 6.92 Å². The van der Waals surface area contributed by atoms with Gasteiger partial charge in [-0.3, -0.25) is 9.69 Å². The van der Waals surface area contributed by atoms with Crippen LogP contribution in [0.5, 0.6) is 0 Å². The van der Waals surface area contributed by atoms with E-state index in [1.54, 1.807) is 0 Å². The number of carbonyl (C=O) groups excluding carboxylic acids is 1. The number of carboxylic acids is 1. The highest BCUT2D eigenvalue weighted by molar-refractivity contribution is 5.97. The minimum atomic E-state index is -1.01. The van der Waals surface area contributed by atoms with Gasteiger partial charge in [0.05, 0.1) is 0 Å². The first kappa shape index (κ1) is 15.2.